The van der Waals surface area contributed by atoms with Crippen LogP contribution >= 0.6 is 0 Å². The van der Waals surface area contributed by atoms with Gasteiger partial charge < -0.3 is 0 Å². The highest BCUT2D eigenvalue weighted by Gasteiger charge is 2.29. The van der Waals surface area contributed by atoms with E-state index in [0.29, 0.717) is 5.57 Å². The van der Waals surface area contributed by atoms with Crippen molar-refractivity contribution in [2.75, 3.05) is 6.54 Å². The Kier molecular flexibility index (Phi) is 7.99. The average Bonchev–Trinajstić information content (AvgIpc) is 2.72. The van der Waals surface area contributed by atoms with Gasteiger partial charge in [-0.1, -0.05) is 68.0 Å². The number of sulfonamides is 1. The van der Waals surface area contributed by atoms with Crippen LogP contribution < -0.4 is 0 Å². The largest absolute Gasteiger partial charge is 0.273 e. The van der Waals surface area contributed by atoms with Crippen molar-refractivity contribution in [3.05, 3.63) is 89.7 Å². The van der Waals surface area contributed by atoms with Crippen molar-refractivity contribution in [1.82, 2.24) is 4.31 Å². The van der Waals surface area contributed by atoms with E-state index in [9.17, 15) is 13.2 Å². The summed E-state index contributed by atoms with van der Waals surface area (Å²) in [5.41, 5.74) is 6.78. The van der Waals surface area contributed by atoms with E-state index >= 15 is 0 Å². The minimum absolute atomic E-state index is 0.0764. The van der Waals surface area contributed by atoms with Gasteiger partial charge in [0.1, 0.15) is 0 Å². The summed E-state index contributed by atoms with van der Waals surface area (Å²) in [6, 6.07) is 15.9. The molecule has 0 saturated carbocycles. The number of nitrogens with zero attached hydrogens (tertiary/aromatic N) is 1. The molecular weight excluding hydrogens is 394 g/mol. The first kappa shape index (κ1) is 23.4. The molecule has 5 heteroatoms. The summed E-state index contributed by atoms with van der Waals surface area (Å²) in [7, 11) is -3.99. The van der Waals surface area contributed by atoms with Crippen LogP contribution in [0.25, 0.3) is 5.57 Å². The van der Waals surface area contributed by atoms with E-state index in [0.717, 1.165) is 21.0 Å². The fraction of sp³-hybridized carbons (Fsp3) is 0.280. The lowest BCUT2D eigenvalue weighted by atomic mass is 9.99. The number of rotatable bonds is 8. The molecule has 0 bridgehead atoms. The zero-order valence-corrected chi connectivity index (χ0v) is 18.9. The first-order valence-corrected chi connectivity index (χ1v) is 11.4. The number of hydrogen-bond acceptors (Lipinski definition) is 3. The van der Waals surface area contributed by atoms with Crippen LogP contribution in [0.1, 0.15) is 38.3 Å². The standard InChI is InChI=1S/C25H29NO3S/c1-6-16-26(30(28,29)24-14-12-20(4)13-15-24)25(27)18-23(17-21(5)19(2)3)22-10-8-7-9-11-22/h6-15,19H,1,16,18H2,2-5H3. The van der Waals surface area contributed by atoms with Gasteiger partial charge in [-0.25, -0.2) is 12.7 Å². The third-order valence-electron chi connectivity index (χ3n) is 4.85. The predicted molar refractivity (Wildman–Crippen MR) is 122 cm³/mol. The van der Waals surface area contributed by atoms with Crippen molar-refractivity contribution in [3.63, 3.8) is 0 Å². The van der Waals surface area contributed by atoms with Crippen molar-refractivity contribution in [2.24, 2.45) is 5.92 Å². The van der Waals surface area contributed by atoms with Crippen LogP contribution in [-0.2, 0) is 14.8 Å². The Balaban J connectivity index is 2.48. The molecule has 0 fully saturated rings. The molecule has 1 amide bonds. The molecule has 4 nitrogen and oxygen atoms in total. The summed E-state index contributed by atoms with van der Waals surface area (Å²) in [6.45, 7) is 11.5. The maximum Gasteiger partial charge on any atom is 0.266 e. The Bertz CT molecular complexity index is 1060. The van der Waals surface area contributed by atoms with Crippen LogP contribution in [0.5, 0.6) is 0 Å². The lowest BCUT2D eigenvalue weighted by Crippen LogP contribution is -2.37. The van der Waals surface area contributed by atoms with Gasteiger partial charge >= 0.3 is 0 Å². The number of benzene rings is 2. The lowest BCUT2D eigenvalue weighted by molar-refractivity contribution is -0.125. The van der Waals surface area contributed by atoms with Gasteiger partial charge in [-0.15, -0.1) is 12.3 Å². The van der Waals surface area contributed by atoms with Crippen LogP contribution in [0.4, 0.5) is 0 Å². The van der Waals surface area contributed by atoms with Gasteiger partial charge in [0.15, 0.2) is 0 Å². The molecule has 2 aromatic rings. The average molecular weight is 424 g/mol. The Morgan fingerprint density at radius 1 is 1.10 bits per heavy atom. The van der Waals surface area contributed by atoms with Gasteiger partial charge in [0.2, 0.25) is 5.91 Å². The van der Waals surface area contributed by atoms with Gasteiger partial charge in [-0.3, -0.25) is 4.79 Å². The molecule has 0 unspecified atom stereocenters. The smallest absolute Gasteiger partial charge is 0.266 e. The molecule has 0 spiro atoms. The summed E-state index contributed by atoms with van der Waals surface area (Å²) in [5.74, 6) is -0.252. The fourth-order valence-corrected chi connectivity index (χ4v) is 4.14. The number of hydrogen-bond donors (Lipinski definition) is 0. The molecule has 0 atom stereocenters. The van der Waals surface area contributed by atoms with Crippen molar-refractivity contribution >= 4 is 21.5 Å². The minimum Gasteiger partial charge on any atom is -0.273 e. The Morgan fingerprint density at radius 2 is 1.70 bits per heavy atom. The normalized spacial score (nSPS) is 11.0. The SMILES string of the molecule is C=CCN(C(=O)CC(=C=C(C)C(C)C)c1ccccc1)S(=O)(=O)c1ccc(C)cc1. The van der Waals surface area contributed by atoms with E-state index < -0.39 is 15.9 Å². The second kappa shape index (κ2) is 10.2. The van der Waals surface area contributed by atoms with E-state index in [2.05, 4.69) is 26.2 Å². The maximum absolute atomic E-state index is 13.2. The van der Waals surface area contributed by atoms with E-state index in [-0.39, 0.29) is 23.8 Å². The summed E-state index contributed by atoms with van der Waals surface area (Å²) in [4.78, 5) is 13.3. The molecule has 0 aromatic heterocycles. The minimum atomic E-state index is -3.99. The first-order chi connectivity index (χ1) is 14.2. The maximum atomic E-state index is 13.2. The van der Waals surface area contributed by atoms with Crippen LogP contribution in [0.2, 0.25) is 0 Å². The third kappa shape index (κ3) is 5.82. The topological polar surface area (TPSA) is 54.5 Å². The number of amides is 1. The molecule has 0 saturated heterocycles. The monoisotopic (exact) mass is 423 g/mol. The number of aryl methyl sites for hydroxylation is 1. The van der Waals surface area contributed by atoms with E-state index in [1.165, 1.54) is 18.2 Å². The quantitative estimate of drug-likeness (QED) is 0.423. The first-order valence-electron chi connectivity index (χ1n) is 9.91. The molecule has 2 aromatic carbocycles. The molecule has 0 heterocycles. The van der Waals surface area contributed by atoms with Crippen LogP contribution in [-0.4, -0.2) is 25.2 Å². The van der Waals surface area contributed by atoms with Gasteiger partial charge in [0, 0.05) is 5.57 Å². The molecule has 0 N–H and O–H groups in total. The zero-order valence-electron chi connectivity index (χ0n) is 18.1. The van der Waals surface area contributed by atoms with Crippen LogP contribution in [0.15, 0.2) is 83.5 Å². The van der Waals surface area contributed by atoms with Crippen molar-refractivity contribution < 1.29 is 13.2 Å². The van der Waals surface area contributed by atoms with E-state index in [1.807, 2.05) is 44.2 Å². The summed E-state index contributed by atoms with van der Waals surface area (Å²) < 4.78 is 27.2. The van der Waals surface area contributed by atoms with Crippen LogP contribution in [0.3, 0.4) is 0 Å². The van der Waals surface area contributed by atoms with Crippen molar-refractivity contribution in [1.29, 1.82) is 0 Å². The number of carbonyl (C=O) groups is 1. The molecular formula is C25H29NO3S. The molecule has 0 radical (unpaired) electrons. The highest BCUT2D eigenvalue weighted by atomic mass is 32.2. The predicted octanol–water partition coefficient (Wildman–Crippen LogP) is 5.37. The fourth-order valence-electron chi connectivity index (χ4n) is 2.77. The Hall–Kier alpha value is -2.88. The van der Waals surface area contributed by atoms with E-state index in [1.54, 1.807) is 12.1 Å². The Labute approximate surface area is 180 Å². The molecule has 2 rings (SSSR count). The van der Waals surface area contributed by atoms with Crippen molar-refractivity contribution in [2.45, 2.75) is 39.0 Å². The second-order valence-electron chi connectivity index (χ2n) is 7.52. The van der Waals surface area contributed by atoms with Gasteiger partial charge in [-0.2, -0.15) is 0 Å². The van der Waals surface area contributed by atoms with Crippen LogP contribution in [0, 0.1) is 12.8 Å². The molecule has 30 heavy (non-hydrogen) atoms. The summed E-state index contributed by atoms with van der Waals surface area (Å²) in [5, 5.41) is 0. The molecule has 158 valence electrons. The molecule has 0 aliphatic carbocycles. The zero-order chi connectivity index (χ0) is 22.3. The van der Waals surface area contributed by atoms with Gasteiger partial charge in [0.25, 0.3) is 10.0 Å². The molecule has 0 aliphatic heterocycles. The summed E-state index contributed by atoms with van der Waals surface area (Å²) in [6.07, 6.45) is 1.34. The van der Waals surface area contributed by atoms with Gasteiger partial charge in [0.05, 0.1) is 17.9 Å². The Morgan fingerprint density at radius 3 is 2.23 bits per heavy atom. The van der Waals surface area contributed by atoms with Crippen molar-refractivity contribution in [3.8, 4) is 0 Å². The van der Waals surface area contributed by atoms with Gasteiger partial charge in [-0.05, 0) is 43.0 Å². The van der Waals surface area contributed by atoms with E-state index in [4.69, 9.17) is 0 Å². The summed E-state index contributed by atoms with van der Waals surface area (Å²) >= 11 is 0. The second-order valence-corrected chi connectivity index (χ2v) is 9.38. The molecule has 0 aliphatic rings. The third-order valence-corrected chi connectivity index (χ3v) is 6.65. The number of carbonyl (C=O) groups excluding carboxylic acids is 1. The lowest BCUT2D eigenvalue weighted by Gasteiger charge is -2.22. The highest BCUT2D eigenvalue weighted by Crippen LogP contribution is 2.23. The highest BCUT2D eigenvalue weighted by molar-refractivity contribution is 7.89.